The number of aromatic nitrogens is 3. The molecule has 4 heterocycles. The van der Waals surface area contributed by atoms with Crippen molar-refractivity contribution in [3.63, 3.8) is 0 Å². The Morgan fingerprint density at radius 1 is 0.852 bits per heavy atom. The number of hydrogen-bond donors (Lipinski definition) is 0. The Hall–Kier alpha value is -1.89. The van der Waals surface area contributed by atoms with E-state index in [1.54, 1.807) is 0 Å². The summed E-state index contributed by atoms with van der Waals surface area (Å²) in [4.78, 5) is 26.9. The standard InChI is InChI=1S/C20H19N3O3S/c24-17-21(10-4-2-1-3-5-10)18(25)23-16-13-11-12(13)15(22(17)23)19-6-8-27(26)9-7-20(16,19)14(11)19/h1-5,11-16H,6-9H2/t11?,12-,13-,14?,15-,16+,19-,20+,27?/m0/s1. The minimum Gasteiger partial charge on any atom is -0.260 e. The van der Waals surface area contributed by atoms with Gasteiger partial charge in [0.25, 0.3) is 0 Å². The van der Waals surface area contributed by atoms with E-state index in [-0.39, 0.29) is 34.3 Å². The highest BCUT2D eigenvalue weighted by Crippen LogP contribution is 3.03. The molecule has 2 aromatic rings. The molecule has 1 saturated heterocycles. The molecule has 0 N–H and O–H groups in total. The van der Waals surface area contributed by atoms with Crippen LogP contribution in [0.4, 0.5) is 0 Å². The van der Waals surface area contributed by atoms with Crippen molar-refractivity contribution >= 4 is 10.8 Å². The Morgan fingerprint density at radius 3 is 1.96 bits per heavy atom. The molecule has 0 amide bonds. The molecule has 2 spiro atoms. The van der Waals surface area contributed by atoms with Crippen LogP contribution >= 0.6 is 0 Å². The quantitative estimate of drug-likeness (QED) is 0.738. The minimum absolute atomic E-state index is 0.146. The predicted molar refractivity (Wildman–Crippen MR) is 98.3 cm³/mol. The molecule has 5 fully saturated rings. The first-order chi connectivity index (χ1) is 13.1. The van der Waals surface area contributed by atoms with Gasteiger partial charge in [-0.25, -0.2) is 23.5 Å². The van der Waals surface area contributed by atoms with E-state index >= 15 is 0 Å². The molecule has 4 aliphatic carbocycles. The van der Waals surface area contributed by atoms with Crippen molar-refractivity contribution in [3.05, 3.63) is 51.3 Å². The molecule has 27 heavy (non-hydrogen) atoms. The number of hydrogen-bond acceptors (Lipinski definition) is 3. The van der Waals surface area contributed by atoms with Gasteiger partial charge in [0.05, 0.1) is 17.8 Å². The van der Waals surface area contributed by atoms with Crippen LogP contribution in [0.15, 0.2) is 39.9 Å². The Morgan fingerprint density at radius 2 is 1.41 bits per heavy atom. The summed E-state index contributed by atoms with van der Waals surface area (Å²) >= 11 is 0. The lowest BCUT2D eigenvalue weighted by Gasteiger charge is -2.47. The average molecular weight is 381 g/mol. The van der Waals surface area contributed by atoms with Gasteiger partial charge in [-0.1, -0.05) is 18.2 Å². The summed E-state index contributed by atoms with van der Waals surface area (Å²) in [6, 6.07) is 9.62. The molecule has 1 aromatic heterocycles. The Labute approximate surface area is 157 Å². The van der Waals surface area contributed by atoms with E-state index in [1.807, 2.05) is 39.7 Å². The first-order valence-electron chi connectivity index (χ1n) is 10.0. The fraction of sp³-hybridized carbons (Fsp3) is 0.600. The number of benzene rings is 1. The molecule has 2 bridgehead atoms. The van der Waals surface area contributed by atoms with Gasteiger partial charge >= 0.3 is 11.4 Å². The minimum atomic E-state index is -0.742. The van der Waals surface area contributed by atoms with E-state index < -0.39 is 10.8 Å². The van der Waals surface area contributed by atoms with E-state index in [2.05, 4.69) is 0 Å². The molecule has 9 rings (SSSR count). The third kappa shape index (κ3) is 1.11. The van der Waals surface area contributed by atoms with Gasteiger partial charge < -0.3 is 0 Å². The highest BCUT2D eigenvalue weighted by molar-refractivity contribution is 7.84. The van der Waals surface area contributed by atoms with Crippen LogP contribution in [-0.2, 0) is 10.8 Å². The Kier molecular flexibility index (Phi) is 2.00. The summed E-state index contributed by atoms with van der Waals surface area (Å²) in [6.45, 7) is 0. The Balaban J connectivity index is 1.43. The zero-order valence-corrected chi connectivity index (χ0v) is 15.5. The van der Waals surface area contributed by atoms with Gasteiger partial charge in [0.2, 0.25) is 0 Å². The van der Waals surface area contributed by atoms with Gasteiger partial charge in [0.15, 0.2) is 0 Å². The van der Waals surface area contributed by atoms with E-state index in [1.165, 1.54) is 4.57 Å². The van der Waals surface area contributed by atoms with Gasteiger partial charge in [-0.15, -0.1) is 0 Å². The first-order valence-corrected chi connectivity index (χ1v) is 11.5. The lowest BCUT2D eigenvalue weighted by molar-refractivity contribution is -0.00192. The highest BCUT2D eigenvalue weighted by atomic mass is 32.2. The topological polar surface area (TPSA) is 66.0 Å². The van der Waals surface area contributed by atoms with Gasteiger partial charge in [-0.3, -0.25) is 4.21 Å². The first kappa shape index (κ1) is 14.2. The van der Waals surface area contributed by atoms with Crippen molar-refractivity contribution in [2.24, 2.45) is 34.5 Å². The molecule has 3 unspecified atom stereocenters. The molecular formula is C20H19N3O3S. The van der Waals surface area contributed by atoms with Crippen molar-refractivity contribution in [1.82, 2.24) is 13.9 Å². The smallest absolute Gasteiger partial charge is 0.260 e. The largest absolute Gasteiger partial charge is 0.352 e. The lowest BCUT2D eigenvalue weighted by Crippen LogP contribution is -2.52. The number of para-hydroxylation sites is 1. The lowest BCUT2D eigenvalue weighted by atomic mass is 9.69. The van der Waals surface area contributed by atoms with E-state index in [0.29, 0.717) is 29.4 Å². The zero-order valence-electron chi connectivity index (χ0n) is 14.7. The molecule has 9 atom stereocenters. The predicted octanol–water partition coefficient (Wildman–Crippen LogP) is 0.931. The van der Waals surface area contributed by atoms with E-state index in [0.717, 1.165) is 24.3 Å². The fourth-order valence-corrected chi connectivity index (χ4v) is 10.3. The molecule has 138 valence electrons. The number of nitrogens with zero attached hydrogens (tertiary/aromatic N) is 3. The van der Waals surface area contributed by atoms with Crippen LogP contribution in [0.5, 0.6) is 0 Å². The molecule has 4 saturated carbocycles. The summed E-state index contributed by atoms with van der Waals surface area (Å²) in [5.41, 5.74) is 0.602. The van der Waals surface area contributed by atoms with Crippen LogP contribution in [0.2, 0.25) is 0 Å². The maximum absolute atomic E-state index is 13.4. The highest BCUT2D eigenvalue weighted by Gasteiger charge is 3.02. The van der Waals surface area contributed by atoms with Crippen LogP contribution in [0, 0.1) is 34.5 Å². The van der Waals surface area contributed by atoms with Crippen LogP contribution in [0.1, 0.15) is 24.9 Å². The van der Waals surface area contributed by atoms with Crippen LogP contribution < -0.4 is 11.4 Å². The summed E-state index contributed by atoms with van der Waals surface area (Å²) in [6.07, 6.45) is 1.95. The van der Waals surface area contributed by atoms with Crippen LogP contribution in [0.25, 0.3) is 5.69 Å². The van der Waals surface area contributed by atoms with Crippen LogP contribution in [0.3, 0.4) is 0 Å². The molecule has 0 radical (unpaired) electrons. The average Bonchev–Trinajstić information content (AvgIpc) is 3.45. The third-order valence-corrected chi connectivity index (χ3v) is 10.6. The fourth-order valence-electron chi connectivity index (χ4n) is 8.93. The second-order valence-electron chi connectivity index (χ2n) is 9.45. The van der Waals surface area contributed by atoms with Crippen molar-refractivity contribution in [2.45, 2.75) is 24.9 Å². The maximum Gasteiger partial charge on any atom is 0.352 e. The molecule has 7 aliphatic rings. The zero-order chi connectivity index (χ0) is 17.9. The summed E-state index contributed by atoms with van der Waals surface area (Å²) in [5, 5.41) is 0. The molecule has 1 aromatic carbocycles. The van der Waals surface area contributed by atoms with Gasteiger partial charge in [-0.05, 0) is 48.6 Å². The normalized spacial score (nSPS) is 51.5. The second-order valence-corrected chi connectivity index (χ2v) is 11.1. The number of rotatable bonds is 1. The van der Waals surface area contributed by atoms with E-state index in [4.69, 9.17) is 0 Å². The molecule has 6 nitrogen and oxygen atoms in total. The van der Waals surface area contributed by atoms with Gasteiger partial charge in [-0.2, -0.15) is 0 Å². The molecule has 3 aliphatic heterocycles. The third-order valence-electron chi connectivity index (χ3n) is 9.29. The summed E-state index contributed by atoms with van der Waals surface area (Å²) < 4.78 is 17.4. The maximum atomic E-state index is 13.4. The van der Waals surface area contributed by atoms with Crippen LogP contribution in [-0.4, -0.2) is 29.6 Å². The molecular weight excluding hydrogens is 362 g/mol. The molecule has 7 heteroatoms. The van der Waals surface area contributed by atoms with Gasteiger partial charge in [0.1, 0.15) is 0 Å². The van der Waals surface area contributed by atoms with Crippen molar-refractivity contribution < 1.29 is 4.21 Å². The SMILES string of the molecule is O=c1n(-c2ccccc2)c(=O)n2n1[C@H]1[C@H]3C4C5[C@@]16CCS(=O)CC[C@]56[C@H]2[C@@H]43. The van der Waals surface area contributed by atoms with Crippen molar-refractivity contribution in [3.8, 4) is 5.69 Å². The van der Waals surface area contributed by atoms with Crippen molar-refractivity contribution in [2.75, 3.05) is 11.5 Å². The second kappa shape index (κ2) is 3.81. The van der Waals surface area contributed by atoms with Gasteiger partial charge in [0, 0.05) is 33.1 Å². The summed E-state index contributed by atoms with van der Waals surface area (Å²) in [7, 11) is -0.742. The monoisotopic (exact) mass is 381 g/mol. The summed E-state index contributed by atoms with van der Waals surface area (Å²) in [5.74, 6) is 4.08. The Bertz CT molecular complexity index is 1140. The van der Waals surface area contributed by atoms with E-state index in [9.17, 15) is 13.8 Å². The van der Waals surface area contributed by atoms with Crippen molar-refractivity contribution in [1.29, 1.82) is 0 Å².